The fraction of sp³-hybridized carbons (Fsp3) is 0. The maximum absolute atomic E-state index is 5.15. The molecule has 12 aromatic rings. The molecule has 58 heavy (non-hydrogen) atoms. The summed E-state index contributed by atoms with van der Waals surface area (Å²) in [6, 6.07) is 71.1. The van der Waals surface area contributed by atoms with Crippen LogP contribution in [-0.2, 0) is 0 Å². The first kappa shape index (κ1) is 32.4. The standard InChI is InChI=1S/C53H33N5/c1-4-16-34(17-5-1)51-54-52(35-18-6-2-7-19-35)56-53(55-51)39-28-38-22-12-13-25-41(38)47(31-39)58-46-27-15-14-26-42(46)44-32-45-43-29-36-20-10-11-21-37(36)30-48(43)57(49(45)33-50(44)58)40-23-8-3-9-24-40/h1-33H. The average Bonchev–Trinajstić information content (AvgIpc) is 3.78. The molecule has 0 unspecified atom stereocenters. The van der Waals surface area contributed by atoms with Crippen LogP contribution < -0.4 is 0 Å². The predicted octanol–water partition coefficient (Wildman–Crippen LogP) is 13.4. The van der Waals surface area contributed by atoms with Crippen molar-refractivity contribution >= 4 is 65.2 Å². The van der Waals surface area contributed by atoms with Gasteiger partial charge < -0.3 is 9.13 Å². The minimum absolute atomic E-state index is 0.624. The molecule has 0 atom stereocenters. The van der Waals surface area contributed by atoms with Gasteiger partial charge in [0.1, 0.15) is 0 Å². The first-order valence-corrected chi connectivity index (χ1v) is 19.6. The first-order chi connectivity index (χ1) is 28.7. The fourth-order valence-corrected chi connectivity index (χ4v) is 8.82. The summed E-state index contributed by atoms with van der Waals surface area (Å²) in [5.74, 6) is 1.90. The fourth-order valence-electron chi connectivity index (χ4n) is 8.82. The summed E-state index contributed by atoms with van der Waals surface area (Å²) < 4.78 is 4.87. The zero-order valence-electron chi connectivity index (χ0n) is 31.3. The molecule has 0 fully saturated rings. The van der Waals surface area contributed by atoms with Crippen LogP contribution in [0.2, 0.25) is 0 Å². The van der Waals surface area contributed by atoms with Gasteiger partial charge in [0.05, 0.1) is 27.8 Å². The molecule has 0 radical (unpaired) electrons. The van der Waals surface area contributed by atoms with Gasteiger partial charge >= 0.3 is 0 Å². The Balaban J connectivity index is 1.17. The van der Waals surface area contributed by atoms with Crippen LogP contribution in [-0.4, -0.2) is 24.1 Å². The van der Waals surface area contributed by atoms with Crippen molar-refractivity contribution < 1.29 is 0 Å². The second-order valence-corrected chi connectivity index (χ2v) is 14.9. The van der Waals surface area contributed by atoms with Crippen LogP contribution in [0.3, 0.4) is 0 Å². The predicted molar refractivity (Wildman–Crippen MR) is 240 cm³/mol. The highest BCUT2D eigenvalue weighted by molar-refractivity contribution is 6.21. The van der Waals surface area contributed by atoms with Crippen LogP contribution in [0.1, 0.15) is 0 Å². The lowest BCUT2D eigenvalue weighted by Crippen LogP contribution is -2.02. The molecule has 9 aromatic carbocycles. The summed E-state index contributed by atoms with van der Waals surface area (Å²) in [5, 5.41) is 9.58. The maximum Gasteiger partial charge on any atom is 0.164 e. The van der Waals surface area contributed by atoms with Gasteiger partial charge in [-0.05, 0) is 70.8 Å². The smallest absolute Gasteiger partial charge is 0.164 e. The number of aromatic nitrogens is 5. The Labute approximate surface area is 333 Å². The SMILES string of the molecule is c1ccc(-c2nc(-c3ccccc3)nc(-c3cc(-n4c5ccccc5c5cc6c7cc8ccccc8cc7n(-c7ccccc7)c6cc54)c4ccccc4c3)n2)cc1. The Morgan fingerprint density at radius 2 is 0.759 bits per heavy atom. The van der Waals surface area contributed by atoms with Gasteiger partial charge in [-0.15, -0.1) is 0 Å². The summed E-state index contributed by atoms with van der Waals surface area (Å²) in [6.07, 6.45) is 0. The van der Waals surface area contributed by atoms with Gasteiger partial charge in [-0.2, -0.15) is 0 Å². The van der Waals surface area contributed by atoms with Crippen LogP contribution in [0, 0.1) is 0 Å². The second-order valence-electron chi connectivity index (χ2n) is 14.9. The quantitative estimate of drug-likeness (QED) is 0.177. The summed E-state index contributed by atoms with van der Waals surface area (Å²) in [4.78, 5) is 15.3. The van der Waals surface area contributed by atoms with E-state index in [9.17, 15) is 0 Å². The Kier molecular flexibility index (Phi) is 7.16. The first-order valence-electron chi connectivity index (χ1n) is 19.6. The molecular weight excluding hydrogens is 707 g/mol. The van der Waals surface area contributed by atoms with Gasteiger partial charge in [0, 0.05) is 49.3 Å². The van der Waals surface area contributed by atoms with Crippen LogP contribution in [0.5, 0.6) is 0 Å². The Hall–Kier alpha value is -7.89. The Bertz CT molecular complexity index is 3490. The van der Waals surface area contributed by atoms with E-state index < -0.39 is 0 Å². The minimum Gasteiger partial charge on any atom is -0.309 e. The average molecular weight is 740 g/mol. The zero-order chi connectivity index (χ0) is 38.2. The van der Waals surface area contributed by atoms with Gasteiger partial charge in [-0.25, -0.2) is 15.0 Å². The van der Waals surface area contributed by atoms with Gasteiger partial charge in [0.15, 0.2) is 17.5 Å². The van der Waals surface area contributed by atoms with E-state index in [1.807, 2.05) is 36.4 Å². The lowest BCUT2D eigenvalue weighted by Gasteiger charge is -2.15. The number of rotatable bonds is 5. The number of benzene rings is 9. The van der Waals surface area contributed by atoms with Crippen molar-refractivity contribution in [2.75, 3.05) is 0 Å². The molecule has 0 aliphatic heterocycles. The van der Waals surface area contributed by atoms with E-state index >= 15 is 0 Å². The minimum atomic E-state index is 0.624. The van der Waals surface area contributed by atoms with Crippen molar-refractivity contribution in [1.29, 1.82) is 0 Å². The molecule has 0 aliphatic carbocycles. The van der Waals surface area contributed by atoms with E-state index in [-0.39, 0.29) is 0 Å². The highest BCUT2D eigenvalue weighted by Gasteiger charge is 2.21. The molecule has 0 N–H and O–H groups in total. The molecule has 0 amide bonds. The van der Waals surface area contributed by atoms with Gasteiger partial charge in [0.25, 0.3) is 0 Å². The van der Waals surface area contributed by atoms with Crippen LogP contribution in [0.4, 0.5) is 0 Å². The zero-order valence-corrected chi connectivity index (χ0v) is 31.3. The lowest BCUT2D eigenvalue weighted by atomic mass is 10.0. The highest BCUT2D eigenvalue weighted by Crippen LogP contribution is 2.42. The molecule has 12 rings (SSSR count). The molecule has 0 spiro atoms. The maximum atomic E-state index is 5.15. The van der Waals surface area contributed by atoms with Crippen molar-refractivity contribution in [1.82, 2.24) is 24.1 Å². The summed E-state index contributed by atoms with van der Waals surface area (Å²) in [6.45, 7) is 0. The van der Waals surface area contributed by atoms with Gasteiger partial charge in [-0.1, -0.05) is 146 Å². The molecule has 5 heteroatoms. The van der Waals surface area contributed by atoms with Crippen molar-refractivity contribution in [2.45, 2.75) is 0 Å². The molecule has 0 aliphatic rings. The third-order valence-corrected chi connectivity index (χ3v) is 11.5. The van der Waals surface area contributed by atoms with Crippen molar-refractivity contribution in [3.8, 4) is 45.5 Å². The van der Waals surface area contributed by atoms with E-state index in [2.05, 4.69) is 173 Å². The molecule has 5 nitrogen and oxygen atoms in total. The van der Waals surface area contributed by atoms with Crippen molar-refractivity contribution in [3.63, 3.8) is 0 Å². The number of hydrogen-bond acceptors (Lipinski definition) is 3. The van der Waals surface area contributed by atoms with Crippen LogP contribution in [0.15, 0.2) is 200 Å². The summed E-state index contributed by atoms with van der Waals surface area (Å²) >= 11 is 0. The van der Waals surface area contributed by atoms with Crippen molar-refractivity contribution in [2.24, 2.45) is 0 Å². The lowest BCUT2D eigenvalue weighted by molar-refractivity contribution is 1.07. The van der Waals surface area contributed by atoms with Gasteiger partial charge in [0.2, 0.25) is 0 Å². The number of para-hydroxylation sites is 2. The summed E-state index contributed by atoms with van der Waals surface area (Å²) in [7, 11) is 0. The molecule has 270 valence electrons. The van der Waals surface area contributed by atoms with E-state index in [0.717, 1.165) is 55.4 Å². The Morgan fingerprint density at radius 3 is 1.45 bits per heavy atom. The molecule has 3 aromatic heterocycles. The molecule has 0 saturated heterocycles. The molecule has 0 bridgehead atoms. The molecular formula is C53H33N5. The van der Waals surface area contributed by atoms with Crippen LogP contribution in [0.25, 0.3) is 111 Å². The summed E-state index contributed by atoms with van der Waals surface area (Å²) in [5.41, 5.74) is 9.61. The van der Waals surface area contributed by atoms with Crippen molar-refractivity contribution in [3.05, 3.63) is 200 Å². The number of nitrogens with zero attached hydrogens (tertiary/aromatic N) is 5. The normalized spacial score (nSPS) is 11.8. The molecule has 3 heterocycles. The van der Waals surface area contributed by atoms with E-state index in [0.29, 0.717) is 17.5 Å². The molecule has 0 saturated carbocycles. The van der Waals surface area contributed by atoms with Gasteiger partial charge in [-0.3, -0.25) is 0 Å². The van der Waals surface area contributed by atoms with Crippen LogP contribution >= 0.6 is 0 Å². The highest BCUT2D eigenvalue weighted by atomic mass is 15.0. The van der Waals surface area contributed by atoms with E-state index in [1.54, 1.807) is 0 Å². The second kappa shape index (κ2) is 12.8. The third kappa shape index (κ3) is 5.07. The Morgan fingerprint density at radius 1 is 0.276 bits per heavy atom. The monoisotopic (exact) mass is 739 g/mol. The number of fused-ring (bicyclic) bond motifs is 8. The largest absolute Gasteiger partial charge is 0.309 e. The van der Waals surface area contributed by atoms with E-state index in [4.69, 9.17) is 15.0 Å². The third-order valence-electron chi connectivity index (χ3n) is 11.5. The van der Waals surface area contributed by atoms with E-state index in [1.165, 1.54) is 37.8 Å². The topological polar surface area (TPSA) is 48.5 Å². The number of hydrogen-bond donors (Lipinski definition) is 0.